The van der Waals surface area contributed by atoms with Gasteiger partial charge in [-0.25, -0.2) is 8.42 Å². The molecule has 1 saturated heterocycles. The minimum Gasteiger partial charge on any atom is -0.385 e. The van der Waals surface area contributed by atoms with Gasteiger partial charge in [0.05, 0.1) is 11.5 Å². The molecule has 25 heavy (non-hydrogen) atoms. The van der Waals surface area contributed by atoms with Crippen LogP contribution < -0.4 is 0 Å². The predicted molar refractivity (Wildman–Crippen MR) is 95.8 cm³/mol. The van der Waals surface area contributed by atoms with Crippen molar-refractivity contribution in [3.05, 3.63) is 0 Å². The van der Waals surface area contributed by atoms with Gasteiger partial charge in [-0.05, 0) is 68.6 Å². The van der Waals surface area contributed by atoms with E-state index in [1.807, 2.05) is 4.90 Å². The summed E-state index contributed by atoms with van der Waals surface area (Å²) >= 11 is 0. The molecule has 1 aliphatic heterocycles. The number of carbonyl (C=O) groups excluding carboxylic acids is 1. The van der Waals surface area contributed by atoms with Crippen molar-refractivity contribution in [3.63, 3.8) is 0 Å². The quantitative estimate of drug-likeness (QED) is 0.673. The van der Waals surface area contributed by atoms with E-state index in [1.165, 1.54) is 32.1 Å². The molecule has 0 N–H and O–H groups in total. The van der Waals surface area contributed by atoms with Gasteiger partial charge >= 0.3 is 0 Å². The van der Waals surface area contributed by atoms with Gasteiger partial charge in [0, 0.05) is 32.2 Å². The Kier molecular flexibility index (Phi) is 4.86. The van der Waals surface area contributed by atoms with Gasteiger partial charge in [-0.3, -0.25) is 4.79 Å². The molecule has 142 valence electrons. The second-order valence-corrected chi connectivity index (χ2v) is 11.1. The third-order valence-electron chi connectivity index (χ3n) is 7.19. The van der Waals surface area contributed by atoms with Gasteiger partial charge in [0.15, 0.2) is 9.84 Å². The summed E-state index contributed by atoms with van der Waals surface area (Å²) in [7, 11) is -1.31. The summed E-state index contributed by atoms with van der Waals surface area (Å²) in [6, 6.07) is -0.119. The first-order valence-corrected chi connectivity index (χ1v) is 11.8. The standard InChI is InChI=1S/C19H31NO4S/c1-24-5-2-4-20(17-3-6-25(22,23)12-17)19(21)18-15-8-13-7-14(10-15)11-16(18)9-13/h13-18H,2-12H2,1H3. The molecule has 0 aromatic carbocycles. The van der Waals surface area contributed by atoms with Crippen molar-refractivity contribution < 1.29 is 17.9 Å². The monoisotopic (exact) mass is 369 g/mol. The molecular formula is C19H31NO4S. The molecule has 4 bridgehead atoms. The van der Waals surface area contributed by atoms with E-state index in [9.17, 15) is 13.2 Å². The summed E-state index contributed by atoms with van der Waals surface area (Å²) < 4.78 is 29.1. The fourth-order valence-corrected chi connectivity index (χ4v) is 8.12. The highest BCUT2D eigenvalue weighted by Crippen LogP contribution is 2.57. The smallest absolute Gasteiger partial charge is 0.226 e. The Bertz CT molecular complexity index is 589. The Labute approximate surface area is 151 Å². The number of ether oxygens (including phenoxy) is 1. The molecule has 1 atom stereocenters. The molecule has 0 aromatic rings. The van der Waals surface area contributed by atoms with Crippen molar-refractivity contribution >= 4 is 15.7 Å². The normalized spacial score (nSPS) is 41.2. The van der Waals surface area contributed by atoms with Crippen LogP contribution in [0.15, 0.2) is 0 Å². The number of methoxy groups -OCH3 is 1. The predicted octanol–water partition coefficient (Wildman–Crippen LogP) is 2.11. The second kappa shape index (κ2) is 6.84. The van der Waals surface area contributed by atoms with Crippen molar-refractivity contribution in [1.29, 1.82) is 0 Å². The van der Waals surface area contributed by atoms with Crippen LogP contribution in [0.25, 0.3) is 0 Å². The lowest BCUT2D eigenvalue weighted by Gasteiger charge is -2.54. The van der Waals surface area contributed by atoms with Crippen LogP contribution in [0.5, 0.6) is 0 Å². The molecule has 1 heterocycles. The Hall–Kier alpha value is -0.620. The average molecular weight is 370 g/mol. The first-order valence-electron chi connectivity index (χ1n) is 9.96. The van der Waals surface area contributed by atoms with Crippen LogP contribution in [-0.4, -0.2) is 57.0 Å². The van der Waals surface area contributed by atoms with E-state index >= 15 is 0 Å². The third kappa shape index (κ3) is 3.48. The first kappa shape index (κ1) is 17.8. The summed E-state index contributed by atoms with van der Waals surface area (Å²) in [6.45, 7) is 1.25. The van der Waals surface area contributed by atoms with Crippen LogP contribution in [0, 0.1) is 29.6 Å². The Morgan fingerprint density at radius 3 is 2.24 bits per heavy atom. The van der Waals surface area contributed by atoms with Gasteiger partial charge in [0.2, 0.25) is 5.91 Å². The van der Waals surface area contributed by atoms with Crippen molar-refractivity contribution in [1.82, 2.24) is 4.90 Å². The maximum Gasteiger partial charge on any atom is 0.226 e. The van der Waals surface area contributed by atoms with Gasteiger partial charge in [0.1, 0.15) is 0 Å². The fourth-order valence-electron chi connectivity index (χ4n) is 6.39. The van der Waals surface area contributed by atoms with Gasteiger partial charge in [-0.2, -0.15) is 0 Å². The van der Waals surface area contributed by atoms with E-state index in [0.717, 1.165) is 18.3 Å². The number of hydrogen-bond donors (Lipinski definition) is 0. The van der Waals surface area contributed by atoms with Crippen molar-refractivity contribution in [2.75, 3.05) is 31.8 Å². The lowest BCUT2D eigenvalue weighted by atomic mass is 9.51. The number of sulfone groups is 1. The molecular weight excluding hydrogens is 338 g/mol. The fraction of sp³-hybridized carbons (Fsp3) is 0.947. The molecule has 1 amide bonds. The van der Waals surface area contributed by atoms with Crippen LogP contribution in [0.3, 0.4) is 0 Å². The topological polar surface area (TPSA) is 63.7 Å². The summed E-state index contributed by atoms with van der Waals surface area (Å²) in [4.78, 5) is 15.5. The zero-order valence-electron chi connectivity index (χ0n) is 15.2. The van der Waals surface area contributed by atoms with Gasteiger partial charge in [0.25, 0.3) is 0 Å². The Balaban J connectivity index is 1.51. The molecule has 5 aliphatic rings. The van der Waals surface area contributed by atoms with Crippen molar-refractivity contribution in [3.8, 4) is 0 Å². The largest absolute Gasteiger partial charge is 0.385 e. The number of nitrogens with zero attached hydrogens (tertiary/aromatic N) is 1. The average Bonchev–Trinajstić information content (AvgIpc) is 2.90. The van der Waals surface area contributed by atoms with E-state index in [4.69, 9.17) is 4.74 Å². The molecule has 5 nitrogen and oxygen atoms in total. The SMILES string of the molecule is COCCCN(C(=O)C1C2CC3CC(C2)CC1C3)C1CCS(=O)(=O)C1. The number of amides is 1. The summed E-state index contributed by atoms with van der Waals surface area (Å²) in [5, 5.41) is 0. The zero-order chi connectivity index (χ0) is 17.6. The molecule has 6 heteroatoms. The van der Waals surface area contributed by atoms with Gasteiger partial charge in [-0.1, -0.05) is 0 Å². The van der Waals surface area contributed by atoms with Crippen molar-refractivity contribution in [2.45, 2.75) is 51.0 Å². The molecule has 5 rings (SSSR count). The maximum atomic E-state index is 13.5. The first-order chi connectivity index (χ1) is 12.0. The lowest BCUT2D eigenvalue weighted by molar-refractivity contribution is -0.151. The highest BCUT2D eigenvalue weighted by Gasteiger charge is 2.52. The third-order valence-corrected chi connectivity index (χ3v) is 8.94. The highest BCUT2D eigenvalue weighted by atomic mass is 32.2. The molecule has 0 radical (unpaired) electrons. The van der Waals surface area contributed by atoms with Crippen LogP contribution in [-0.2, 0) is 19.4 Å². The van der Waals surface area contributed by atoms with E-state index in [1.54, 1.807) is 7.11 Å². The van der Waals surface area contributed by atoms with Crippen LogP contribution >= 0.6 is 0 Å². The number of rotatable bonds is 6. The number of carbonyl (C=O) groups is 1. The molecule has 0 spiro atoms. The minimum atomic E-state index is -2.98. The Morgan fingerprint density at radius 1 is 1.08 bits per heavy atom. The summed E-state index contributed by atoms with van der Waals surface area (Å²) in [6.07, 6.45) is 7.65. The van der Waals surface area contributed by atoms with E-state index in [0.29, 0.717) is 31.4 Å². The van der Waals surface area contributed by atoms with Gasteiger partial charge in [-0.15, -0.1) is 0 Å². The van der Waals surface area contributed by atoms with E-state index < -0.39 is 9.84 Å². The van der Waals surface area contributed by atoms with Crippen LogP contribution in [0.2, 0.25) is 0 Å². The number of hydrogen-bond acceptors (Lipinski definition) is 4. The van der Waals surface area contributed by atoms with Crippen molar-refractivity contribution in [2.24, 2.45) is 29.6 Å². The highest BCUT2D eigenvalue weighted by molar-refractivity contribution is 7.91. The van der Waals surface area contributed by atoms with E-state index in [-0.39, 0.29) is 29.4 Å². The maximum absolute atomic E-state index is 13.5. The molecule has 4 saturated carbocycles. The lowest BCUT2D eigenvalue weighted by Crippen LogP contribution is -2.54. The molecule has 0 aromatic heterocycles. The van der Waals surface area contributed by atoms with Gasteiger partial charge < -0.3 is 9.64 Å². The second-order valence-electron chi connectivity index (χ2n) is 8.89. The van der Waals surface area contributed by atoms with E-state index in [2.05, 4.69) is 0 Å². The summed E-state index contributed by atoms with van der Waals surface area (Å²) in [5.41, 5.74) is 0. The molecule has 4 aliphatic carbocycles. The molecule has 1 unspecified atom stereocenters. The summed E-state index contributed by atoms with van der Waals surface area (Å²) in [5.74, 6) is 3.58. The molecule has 5 fully saturated rings. The Morgan fingerprint density at radius 2 is 1.72 bits per heavy atom. The van der Waals surface area contributed by atoms with Crippen LogP contribution in [0.4, 0.5) is 0 Å². The minimum absolute atomic E-state index is 0.119. The zero-order valence-corrected chi connectivity index (χ0v) is 16.0. The van der Waals surface area contributed by atoms with Crippen LogP contribution in [0.1, 0.15) is 44.9 Å².